The first-order chi connectivity index (χ1) is 9.61. The average Bonchev–Trinajstić information content (AvgIpc) is 2.42. The van der Waals surface area contributed by atoms with Gasteiger partial charge in [0.15, 0.2) is 0 Å². The number of likely N-dealkylation sites (tertiary alicyclic amines) is 1. The monoisotopic (exact) mass is 278 g/mol. The third-order valence-electron chi connectivity index (χ3n) is 4.42. The van der Waals surface area contributed by atoms with E-state index in [0.717, 1.165) is 31.1 Å². The minimum Gasteiger partial charge on any atom is -0.309 e. The van der Waals surface area contributed by atoms with E-state index in [0.29, 0.717) is 6.04 Å². The van der Waals surface area contributed by atoms with Crippen molar-refractivity contribution in [3.63, 3.8) is 0 Å². The first kappa shape index (κ1) is 15.5. The number of nitrogens with zero attached hydrogens (tertiary/aromatic N) is 1. The predicted molar refractivity (Wildman–Crippen MR) is 82.3 cm³/mol. The summed E-state index contributed by atoms with van der Waals surface area (Å²) in [4.78, 5) is 2.50. The largest absolute Gasteiger partial charge is 0.309 e. The number of nitrogens with one attached hydrogen (secondary N) is 1. The zero-order valence-corrected chi connectivity index (χ0v) is 12.9. The fourth-order valence-corrected chi connectivity index (χ4v) is 3.24. The molecular formula is C17H27FN2. The number of benzene rings is 1. The molecule has 2 rings (SSSR count). The van der Waals surface area contributed by atoms with Crippen molar-refractivity contribution in [2.24, 2.45) is 5.92 Å². The van der Waals surface area contributed by atoms with Crippen molar-refractivity contribution in [2.75, 3.05) is 19.6 Å². The van der Waals surface area contributed by atoms with Crippen LogP contribution >= 0.6 is 0 Å². The molecule has 0 aromatic heterocycles. The van der Waals surface area contributed by atoms with E-state index in [2.05, 4.69) is 31.0 Å². The Kier molecular flexibility index (Phi) is 5.55. The van der Waals surface area contributed by atoms with Gasteiger partial charge in [-0.15, -0.1) is 0 Å². The fourth-order valence-electron chi connectivity index (χ4n) is 3.24. The average molecular weight is 278 g/mol. The summed E-state index contributed by atoms with van der Waals surface area (Å²) in [6.45, 7) is 9.57. The van der Waals surface area contributed by atoms with Gasteiger partial charge < -0.3 is 5.32 Å². The standard InChI is InChI=1S/C17H27FN2/c1-4-19-17(15-7-5-6-8-16(15)18)12-20-10-9-13(2)11-14(20)3/h5-8,13-14,17,19H,4,9-12H2,1-3H3. The van der Waals surface area contributed by atoms with Crippen LogP contribution < -0.4 is 5.32 Å². The van der Waals surface area contributed by atoms with Crippen LogP contribution in [0.15, 0.2) is 24.3 Å². The first-order valence-electron chi connectivity index (χ1n) is 7.83. The second-order valence-corrected chi connectivity index (χ2v) is 6.11. The van der Waals surface area contributed by atoms with Gasteiger partial charge in [-0.25, -0.2) is 4.39 Å². The summed E-state index contributed by atoms with van der Waals surface area (Å²) in [5.74, 6) is 0.712. The van der Waals surface area contributed by atoms with Crippen LogP contribution in [0.4, 0.5) is 4.39 Å². The molecule has 3 atom stereocenters. The van der Waals surface area contributed by atoms with E-state index in [1.54, 1.807) is 12.1 Å². The van der Waals surface area contributed by atoms with E-state index in [4.69, 9.17) is 0 Å². The SMILES string of the molecule is CCNC(CN1CCC(C)CC1C)c1ccccc1F. The van der Waals surface area contributed by atoms with E-state index < -0.39 is 0 Å². The minimum atomic E-state index is -0.100. The van der Waals surface area contributed by atoms with Gasteiger partial charge in [-0.2, -0.15) is 0 Å². The molecule has 20 heavy (non-hydrogen) atoms. The molecule has 1 aromatic carbocycles. The molecule has 0 bridgehead atoms. The van der Waals surface area contributed by atoms with E-state index in [1.165, 1.54) is 12.8 Å². The maximum atomic E-state index is 14.0. The molecule has 1 aliphatic heterocycles. The van der Waals surface area contributed by atoms with E-state index in [1.807, 2.05) is 12.1 Å². The molecule has 1 saturated heterocycles. The van der Waals surface area contributed by atoms with Crippen molar-refractivity contribution in [1.82, 2.24) is 10.2 Å². The topological polar surface area (TPSA) is 15.3 Å². The van der Waals surface area contributed by atoms with Gasteiger partial charge in [-0.1, -0.05) is 32.0 Å². The molecule has 112 valence electrons. The zero-order chi connectivity index (χ0) is 14.5. The lowest BCUT2D eigenvalue weighted by molar-refractivity contribution is 0.116. The van der Waals surface area contributed by atoms with Gasteiger partial charge in [0.2, 0.25) is 0 Å². The van der Waals surface area contributed by atoms with Crippen LogP contribution in [-0.2, 0) is 0 Å². The molecule has 1 aliphatic rings. The lowest BCUT2D eigenvalue weighted by Crippen LogP contribution is -2.44. The van der Waals surface area contributed by atoms with Crippen LogP contribution in [0, 0.1) is 11.7 Å². The van der Waals surface area contributed by atoms with Gasteiger partial charge in [-0.05, 0) is 44.8 Å². The Labute approximate surface area is 122 Å². The molecule has 0 aliphatic carbocycles. The number of hydrogen-bond donors (Lipinski definition) is 1. The van der Waals surface area contributed by atoms with Crippen LogP contribution in [0.2, 0.25) is 0 Å². The summed E-state index contributed by atoms with van der Waals surface area (Å²) in [6.07, 6.45) is 2.50. The first-order valence-corrected chi connectivity index (χ1v) is 7.83. The molecule has 3 unspecified atom stereocenters. The third-order valence-corrected chi connectivity index (χ3v) is 4.42. The van der Waals surface area contributed by atoms with Crippen molar-refractivity contribution >= 4 is 0 Å². The van der Waals surface area contributed by atoms with Crippen molar-refractivity contribution in [3.05, 3.63) is 35.6 Å². The fraction of sp³-hybridized carbons (Fsp3) is 0.647. The normalized spacial score (nSPS) is 25.6. The number of rotatable bonds is 5. The van der Waals surface area contributed by atoms with Crippen molar-refractivity contribution in [3.8, 4) is 0 Å². The molecular weight excluding hydrogens is 251 g/mol. The summed E-state index contributed by atoms with van der Waals surface area (Å²) >= 11 is 0. The van der Waals surface area contributed by atoms with Crippen LogP contribution in [-0.4, -0.2) is 30.6 Å². The number of hydrogen-bond acceptors (Lipinski definition) is 2. The molecule has 0 amide bonds. The number of piperidine rings is 1. The Balaban J connectivity index is 2.08. The quantitative estimate of drug-likeness (QED) is 0.885. The van der Waals surface area contributed by atoms with Gasteiger partial charge in [0, 0.05) is 24.2 Å². The summed E-state index contributed by atoms with van der Waals surface area (Å²) in [5.41, 5.74) is 0.792. The smallest absolute Gasteiger partial charge is 0.128 e. The Morgan fingerprint density at radius 1 is 1.35 bits per heavy atom. The van der Waals surface area contributed by atoms with Crippen molar-refractivity contribution < 1.29 is 4.39 Å². The van der Waals surface area contributed by atoms with Crippen LogP contribution in [0.25, 0.3) is 0 Å². The maximum absolute atomic E-state index is 14.0. The highest BCUT2D eigenvalue weighted by Gasteiger charge is 2.26. The molecule has 3 heteroatoms. The van der Waals surface area contributed by atoms with Crippen molar-refractivity contribution in [1.29, 1.82) is 0 Å². The summed E-state index contributed by atoms with van der Waals surface area (Å²) < 4.78 is 14.0. The second kappa shape index (κ2) is 7.19. The van der Waals surface area contributed by atoms with E-state index >= 15 is 0 Å². The van der Waals surface area contributed by atoms with Gasteiger partial charge >= 0.3 is 0 Å². The molecule has 0 spiro atoms. The number of halogens is 1. The molecule has 0 saturated carbocycles. The summed E-state index contributed by atoms with van der Waals surface area (Å²) in [7, 11) is 0. The maximum Gasteiger partial charge on any atom is 0.128 e. The van der Waals surface area contributed by atoms with E-state index in [9.17, 15) is 4.39 Å². The Morgan fingerprint density at radius 2 is 2.10 bits per heavy atom. The van der Waals surface area contributed by atoms with Crippen LogP contribution in [0.1, 0.15) is 45.2 Å². The predicted octanol–water partition coefficient (Wildman–Crippen LogP) is 3.60. The summed E-state index contributed by atoms with van der Waals surface area (Å²) in [6, 6.07) is 7.81. The van der Waals surface area contributed by atoms with Gasteiger partial charge in [0.25, 0.3) is 0 Å². The second-order valence-electron chi connectivity index (χ2n) is 6.11. The van der Waals surface area contributed by atoms with Crippen molar-refractivity contribution in [2.45, 2.75) is 45.7 Å². The molecule has 1 fully saturated rings. The zero-order valence-electron chi connectivity index (χ0n) is 12.9. The Bertz CT molecular complexity index is 421. The minimum absolute atomic E-state index is 0.0806. The van der Waals surface area contributed by atoms with Crippen LogP contribution in [0.5, 0.6) is 0 Å². The third kappa shape index (κ3) is 3.80. The lowest BCUT2D eigenvalue weighted by Gasteiger charge is -2.38. The molecule has 1 heterocycles. The van der Waals surface area contributed by atoms with Gasteiger partial charge in [-0.3, -0.25) is 4.90 Å². The molecule has 1 aromatic rings. The van der Waals surface area contributed by atoms with Gasteiger partial charge in [0.1, 0.15) is 5.82 Å². The molecule has 2 nitrogen and oxygen atoms in total. The van der Waals surface area contributed by atoms with Crippen LogP contribution in [0.3, 0.4) is 0 Å². The molecule has 1 N–H and O–H groups in total. The Hall–Kier alpha value is -0.930. The van der Waals surface area contributed by atoms with Gasteiger partial charge in [0.05, 0.1) is 0 Å². The highest BCUT2D eigenvalue weighted by Crippen LogP contribution is 2.25. The number of likely N-dealkylation sites (N-methyl/N-ethyl adjacent to an activating group) is 1. The Morgan fingerprint density at radius 3 is 2.75 bits per heavy atom. The highest BCUT2D eigenvalue weighted by atomic mass is 19.1. The molecule has 0 radical (unpaired) electrons. The van der Waals surface area contributed by atoms with E-state index in [-0.39, 0.29) is 11.9 Å². The summed E-state index contributed by atoms with van der Waals surface area (Å²) in [5, 5.41) is 3.44. The lowest BCUT2D eigenvalue weighted by atomic mass is 9.92. The highest BCUT2D eigenvalue weighted by molar-refractivity contribution is 5.21.